The molecule has 0 spiro atoms. The number of aliphatic hydroxyl groups is 1. The number of likely N-dealkylation sites (tertiary alicyclic amines) is 1. The number of halogens is 2. The molecule has 1 aliphatic heterocycles. The van der Waals surface area contributed by atoms with Crippen molar-refractivity contribution < 1.29 is 37.4 Å². The number of hydrogen-bond donors (Lipinski definition) is 1. The summed E-state index contributed by atoms with van der Waals surface area (Å²) in [6.07, 6.45) is 2.19. The summed E-state index contributed by atoms with van der Waals surface area (Å²) in [6, 6.07) is 6.06. The number of ether oxygens (including phenoxy) is 3. The van der Waals surface area contributed by atoms with Gasteiger partial charge in [0.1, 0.15) is 23.7 Å². The highest BCUT2D eigenvalue weighted by Crippen LogP contribution is 2.55. The smallest absolute Gasteiger partial charge is 0.352 e. The molecule has 4 rings (SSSR count). The molecular weight excluding hydrogens is 510 g/mol. The number of carbonyl (C=O) groups excluding carboxylic acids is 1. The SMILES string of the molecule is COc1ccc(OCc2cc([C@@H]3CCCCN3C(=O)C(F)(F)C3(O)CC(C)(C)CC(C)(C)C3)on2)cc1OC. The summed E-state index contributed by atoms with van der Waals surface area (Å²) in [5.41, 5.74) is -3.04. The Morgan fingerprint density at radius 3 is 2.38 bits per heavy atom. The third kappa shape index (κ3) is 6.00. The van der Waals surface area contributed by atoms with Crippen LogP contribution in [-0.4, -0.2) is 53.4 Å². The van der Waals surface area contributed by atoms with Crippen molar-refractivity contribution in [3.05, 3.63) is 35.7 Å². The number of piperidine rings is 1. The highest BCUT2D eigenvalue weighted by Gasteiger charge is 2.65. The van der Waals surface area contributed by atoms with Gasteiger partial charge < -0.3 is 28.7 Å². The number of benzene rings is 1. The molecule has 1 atom stereocenters. The molecule has 2 aromatic rings. The molecule has 0 radical (unpaired) electrons. The molecule has 2 aliphatic rings. The van der Waals surface area contributed by atoms with Crippen LogP contribution in [0, 0.1) is 10.8 Å². The van der Waals surface area contributed by atoms with Gasteiger partial charge in [-0.2, -0.15) is 8.78 Å². The number of rotatable bonds is 8. The first-order chi connectivity index (χ1) is 18.2. The van der Waals surface area contributed by atoms with Gasteiger partial charge in [0.25, 0.3) is 5.91 Å². The number of hydrogen-bond acceptors (Lipinski definition) is 7. The average Bonchev–Trinajstić information content (AvgIpc) is 3.33. The van der Waals surface area contributed by atoms with Crippen molar-refractivity contribution in [2.75, 3.05) is 20.8 Å². The van der Waals surface area contributed by atoms with Gasteiger partial charge in [0.2, 0.25) is 0 Å². The van der Waals surface area contributed by atoms with Crippen LogP contribution < -0.4 is 14.2 Å². The van der Waals surface area contributed by atoms with E-state index in [0.717, 1.165) is 11.3 Å². The lowest BCUT2D eigenvalue weighted by Gasteiger charge is -2.52. The van der Waals surface area contributed by atoms with Crippen molar-refractivity contribution in [3.63, 3.8) is 0 Å². The van der Waals surface area contributed by atoms with Crippen LogP contribution in [0.3, 0.4) is 0 Å². The molecule has 8 nitrogen and oxygen atoms in total. The highest BCUT2D eigenvalue weighted by molar-refractivity contribution is 5.85. The monoisotopic (exact) mass is 550 g/mol. The van der Waals surface area contributed by atoms with Gasteiger partial charge >= 0.3 is 5.92 Å². The van der Waals surface area contributed by atoms with E-state index in [4.69, 9.17) is 18.7 Å². The second-order valence-corrected chi connectivity index (χ2v) is 12.5. The molecule has 1 N–H and O–H groups in total. The van der Waals surface area contributed by atoms with Crippen LogP contribution in [-0.2, 0) is 11.4 Å². The van der Waals surface area contributed by atoms with Crippen molar-refractivity contribution in [1.82, 2.24) is 10.1 Å². The molecule has 1 aromatic heterocycles. The fraction of sp³-hybridized carbons (Fsp3) is 0.655. The predicted octanol–water partition coefficient (Wildman–Crippen LogP) is 5.93. The van der Waals surface area contributed by atoms with E-state index < -0.39 is 34.3 Å². The van der Waals surface area contributed by atoms with Gasteiger partial charge in [0.05, 0.1) is 20.3 Å². The number of aromatic nitrogens is 1. The first-order valence-electron chi connectivity index (χ1n) is 13.4. The average molecular weight is 551 g/mol. The minimum Gasteiger partial charge on any atom is -0.493 e. The summed E-state index contributed by atoms with van der Waals surface area (Å²) in [5.74, 6) is -3.38. The second kappa shape index (κ2) is 10.6. The van der Waals surface area contributed by atoms with Crippen molar-refractivity contribution in [2.24, 2.45) is 10.8 Å². The summed E-state index contributed by atoms with van der Waals surface area (Å²) >= 11 is 0. The van der Waals surface area contributed by atoms with E-state index in [1.165, 1.54) is 7.11 Å². The molecule has 1 saturated carbocycles. The maximum absolute atomic E-state index is 16.0. The largest absolute Gasteiger partial charge is 0.493 e. The minimum atomic E-state index is -3.95. The molecule has 216 valence electrons. The number of nitrogens with zero attached hydrogens (tertiary/aromatic N) is 2. The maximum Gasteiger partial charge on any atom is 0.352 e. The van der Waals surface area contributed by atoms with Gasteiger partial charge in [-0.1, -0.05) is 32.9 Å². The van der Waals surface area contributed by atoms with Crippen LogP contribution in [0.25, 0.3) is 0 Å². The molecule has 1 aliphatic carbocycles. The van der Waals surface area contributed by atoms with Crippen molar-refractivity contribution in [1.29, 1.82) is 0 Å². The lowest BCUT2D eigenvalue weighted by Crippen LogP contribution is -2.63. The zero-order valence-electron chi connectivity index (χ0n) is 23.7. The minimum absolute atomic E-state index is 0.0692. The lowest BCUT2D eigenvalue weighted by atomic mass is 9.58. The zero-order chi connectivity index (χ0) is 28.6. The Morgan fingerprint density at radius 1 is 1.08 bits per heavy atom. The Balaban J connectivity index is 1.51. The summed E-state index contributed by atoms with van der Waals surface area (Å²) < 4.78 is 53.8. The van der Waals surface area contributed by atoms with Crippen LogP contribution in [0.15, 0.2) is 28.8 Å². The molecule has 1 amide bonds. The standard InChI is InChI=1S/C29H40F2N2O6/c1-26(2)16-27(3,4)18-28(35,17-26)29(30,31)25(34)33-12-8-7-9-21(33)23-13-19(32-39-23)15-38-20-10-11-22(36-5)24(14-20)37-6/h10-11,13-14,21,35H,7-9,12,15-18H2,1-6H3/t21-/m0/s1. The van der Waals surface area contributed by atoms with Crippen LogP contribution in [0.5, 0.6) is 17.2 Å². The fourth-order valence-electron chi connectivity index (χ4n) is 6.76. The van der Waals surface area contributed by atoms with Gasteiger partial charge in [-0.05, 0) is 61.5 Å². The zero-order valence-corrected chi connectivity index (χ0v) is 23.7. The fourth-order valence-corrected chi connectivity index (χ4v) is 6.76. The first-order valence-corrected chi connectivity index (χ1v) is 13.4. The van der Waals surface area contributed by atoms with Gasteiger partial charge in [-0.25, -0.2) is 0 Å². The molecule has 0 unspecified atom stereocenters. The molecule has 1 saturated heterocycles. The van der Waals surface area contributed by atoms with Gasteiger partial charge in [0, 0.05) is 18.7 Å². The third-order valence-electron chi connectivity index (χ3n) is 7.76. The Bertz CT molecular complexity index is 1160. The Labute approximate surface area is 228 Å². The van der Waals surface area contributed by atoms with Gasteiger partial charge in [0.15, 0.2) is 17.3 Å². The topological polar surface area (TPSA) is 94.3 Å². The van der Waals surface area contributed by atoms with Crippen LogP contribution in [0.2, 0.25) is 0 Å². The molecule has 0 bridgehead atoms. The van der Waals surface area contributed by atoms with Crippen molar-refractivity contribution in [3.8, 4) is 17.2 Å². The summed E-state index contributed by atoms with van der Waals surface area (Å²) in [5, 5.41) is 15.4. The predicted molar refractivity (Wildman–Crippen MR) is 140 cm³/mol. The van der Waals surface area contributed by atoms with E-state index >= 15 is 8.78 Å². The first kappa shape index (κ1) is 29.1. The summed E-state index contributed by atoms with van der Waals surface area (Å²) in [7, 11) is 3.07. The molecule has 39 heavy (non-hydrogen) atoms. The van der Waals surface area contributed by atoms with Gasteiger partial charge in [-0.15, -0.1) is 0 Å². The normalized spacial score (nSPS) is 22.3. The van der Waals surface area contributed by atoms with Crippen LogP contribution in [0.1, 0.15) is 83.7 Å². The van der Waals surface area contributed by atoms with E-state index in [0.29, 0.717) is 48.0 Å². The maximum atomic E-state index is 16.0. The van der Waals surface area contributed by atoms with Crippen LogP contribution in [0.4, 0.5) is 8.78 Å². The second-order valence-electron chi connectivity index (χ2n) is 12.5. The molecule has 2 fully saturated rings. The van der Waals surface area contributed by atoms with E-state index in [1.54, 1.807) is 31.4 Å². The van der Waals surface area contributed by atoms with E-state index in [-0.39, 0.29) is 26.0 Å². The van der Waals surface area contributed by atoms with Gasteiger partial charge in [-0.3, -0.25) is 4.79 Å². The highest BCUT2D eigenvalue weighted by atomic mass is 19.3. The number of amides is 1. The van der Waals surface area contributed by atoms with E-state index in [9.17, 15) is 9.90 Å². The third-order valence-corrected chi connectivity index (χ3v) is 7.76. The number of methoxy groups -OCH3 is 2. The lowest BCUT2D eigenvalue weighted by molar-refractivity contribution is -0.233. The van der Waals surface area contributed by atoms with Crippen molar-refractivity contribution >= 4 is 5.91 Å². The Hall–Kier alpha value is -2.88. The number of carbonyl (C=O) groups is 1. The van der Waals surface area contributed by atoms with Crippen LogP contribution >= 0.6 is 0 Å². The quantitative estimate of drug-likeness (QED) is 0.436. The van der Waals surface area contributed by atoms with E-state index in [2.05, 4.69) is 5.16 Å². The number of alkyl halides is 2. The van der Waals surface area contributed by atoms with Crippen molar-refractivity contribution in [2.45, 2.75) is 90.4 Å². The molecule has 10 heteroatoms. The molecule has 2 heterocycles. The molecular formula is C29H40F2N2O6. The Kier molecular flexibility index (Phi) is 7.91. The van der Waals surface area contributed by atoms with E-state index in [1.807, 2.05) is 27.7 Å². The Morgan fingerprint density at radius 2 is 1.74 bits per heavy atom. The summed E-state index contributed by atoms with van der Waals surface area (Å²) in [4.78, 5) is 14.6. The summed E-state index contributed by atoms with van der Waals surface area (Å²) in [6.45, 7) is 7.68. The molecule has 1 aromatic carbocycles.